The highest BCUT2D eigenvalue weighted by Crippen LogP contribution is 2.25. The fourth-order valence-electron chi connectivity index (χ4n) is 2.83. The Balaban J connectivity index is 1.84. The molecule has 2 aromatic rings. The van der Waals surface area contributed by atoms with Crippen LogP contribution in [0.4, 0.5) is 5.69 Å². The number of amides is 1. The summed E-state index contributed by atoms with van der Waals surface area (Å²) in [4.78, 5) is 17.0. The van der Waals surface area contributed by atoms with E-state index in [-0.39, 0.29) is 22.6 Å². The van der Waals surface area contributed by atoms with Gasteiger partial charge in [-0.3, -0.25) is 14.5 Å². The van der Waals surface area contributed by atoms with Crippen molar-refractivity contribution in [2.45, 2.75) is 37.6 Å². The second-order valence-corrected chi connectivity index (χ2v) is 8.14. The first-order chi connectivity index (χ1) is 12.3. The third-order valence-electron chi connectivity index (χ3n) is 4.21. The molecular formula is C19H21N3O3S. The van der Waals surface area contributed by atoms with Gasteiger partial charge in [-0.2, -0.15) is 0 Å². The normalized spacial score (nSPS) is 17.6. The van der Waals surface area contributed by atoms with Gasteiger partial charge in [0, 0.05) is 11.3 Å². The van der Waals surface area contributed by atoms with Crippen LogP contribution in [0.5, 0.6) is 0 Å². The second kappa shape index (κ2) is 6.92. The molecule has 7 heteroatoms. The lowest BCUT2D eigenvalue weighted by Crippen LogP contribution is -2.29. The first-order valence-corrected chi connectivity index (χ1v) is 9.87. The molecular weight excluding hydrogens is 350 g/mol. The summed E-state index contributed by atoms with van der Waals surface area (Å²) in [6, 6.07) is 13.4. The van der Waals surface area contributed by atoms with Crippen LogP contribution in [0.1, 0.15) is 37.8 Å². The number of anilines is 1. The van der Waals surface area contributed by atoms with Crippen LogP contribution in [0.2, 0.25) is 0 Å². The van der Waals surface area contributed by atoms with E-state index in [0.717, 1.165) is 11.3 Å². The van der Waals surface area contributed by atoms with Crippen LogP contribution in [0.25, 0.3) is 0 Å². The molecule has 26 heavy (non-hydrogen) atoms. The molecule has 0 saturated heterocycles. The summed E-state index contributed by atoms with van der Waals surface area (Å²) in [6.07, 6.45) is 0. The van der Waals surface area contributed by atoms with Gasteiger partial charge in [-0.25, -0.2) is 8.42 Å². The fraction of sp³-hybridized carbons (Fsp3) is 0.263. The Hall–Kier alpha value is -2.67. The molecule has 0 spiro atoms. The van der Waals surface area contributed by atoms with Crippen molar-refractivity contribution in [3.8, 4) is 0 Å². The van der Waals surface area contributed by atoms with Crippen molar-refractivity contribution in [1.29, 1.82) is 0 Å². The molecule has 1 atom stereocenters. The Kier molecular flexibility index (Phi) is 4.82. The van der Waals surface area contributed by atoms with Gasteiger partial charge in [-0.05, 0) is 36.6 Å². The van der Waals surface area contributed by atoms with Gasteiger partial charge in [0.2, 0.25) is 5.91 Å². The summed E-state index contributed by atoms with van der Waals surface area (Å²) < 4.78 is 26.7. The first kappa shape index (κ1) is 18.1. The van der Waals surface area contributed by atoms with Gasteiger partial charge in [-0.15, -0.1) is 0 Å². The number of fused-ring (bicyclic) bond motifs is 1. The molecule has 1 aliphatic heterocycles. The minimum absolute atomic E-state index is 0.177. The summed E-state index contributed by atoms with van der Waals surface area (Å²) in [5, 5.41) is 2.89. The van der Waals surface area contributed by atoms with Gasteiger partial charge in [0.25, 0.3) is 10.0 Å². The maximum absolute atomic E-state index is 12.6. The summed E-state index contributed by atoms with van der Waals surface area (Å²) in [5.41, 5.74) is 2.26. The molecule has 0 bridgehead atoms. The van der Waals surface area contributed by atoms with Gasteiger partial charge in [0.05, 0.1) is 4.90 Å². The maximum atomic E-state index is 12.6. The lowest BCUT2D eigenvalue weighted by atomic mass is 10.0. The largest absolute Gasteiger partial charge is 0.324 e. The van der Waals surface area contributed by atoms with Crippen LogP contribution in [-0.2, 0) is 14.8 Å². The van der Waals surface area contributed by atoms with E-state index >= 15 is 0 Å². The summed E-state index contributed by atoms with van der Waals surface area (Å²) in [5.74, 6) is 0.163. The molecule has 0 unspecified atom stereocenters. The number of para-hydroxylation sites is 1. The van der Waals surface area contributed by atoms with Gasteiger partial charge in [-0.1, -0.05) is 44.2 Å². The van der Waals surface area contributed by atoms with Crippen LogP contribution >= 0.6 is 0 Å². The lowest BCUT2D eigenvalue weighted by molar-refractivity contribution is -0.117. The van der Waals surface area contributed by atoms with Crippen LogP contribution in [-0.4, -0.2) is 26.2 Å². The lowest BCUT2D eigenvalue weighted by Gasteiger charge is -2.15. The molecule has 0 saturated carbocycles. The van der Waals surface area contributed by atoms with Crippen molar-refractivity contribution in [3.05, 3.63) is 59.7 Å². The van der Waals surface area contributed by atoms with E-state index in [9.17, 15) is 13.2 Å². The van der Waals surface area contributed by atoms with E-state index in [4.69, 9.17) is 0 Å². The Morgan fingerprint density at radius 2 is 1.69 bits per heavy atom. The summed E-state index contributed by atoms with van der Waals surface area (Å²) in [6.45, 7) is 5.74. The van der Waals surface area contributed by atoms with Crippen LogP contribution < -0.4 is 10.0 Å². The molecule has 0 aromatic heterocycles. The van der Waals surface area contributed by atoms with Gasteiger partial charge in [0.1, 0.15) is 11.9 Å². The summed E-state index contributed by atoms with van der Waals surface area (Å²) >= 11 is 0. The number of rotatable bonds is 4. The highest BCUT2D eigenvalue weighted by atomic mass is 32.2. The fourth-order valence-corrected chi connectivity index (χ4v) is 4.07. The zero-order chi connectivity index (χ0) is 18.9. The van der Waals surface area contributed by atoms with Crippen molar-refractivity contribution in [2.75, 3.05) is 5.32 Å². The number of sulfonamides is 1. The first-order valence-electron chi connectivity index (χ1n) is 8.39. The van der Waals surface area contributed by atoms with Gasteiger partial charge < -0.3 is 5.32 Å². The number of amidine groups is 1. The van der Waals surface area contributed by atoms with Crippen molar-refractivity contribution in [2.24, 2.45) is 4.99 Å². The van der Waals surface area contributed by atoms with E-state index in [2.05, 4.69) is 28.9 Å². The van der Waals surface area contributed by atoms with Crippen molar-refractivity contribution in [1.82, 2.24) is 4.72 Å². The predicted octanol–water partition coefficient (Wildman–Crippen LogP) is 2.88. The second-order valence-electron chi connectivity index (χ2n) is 6.49. The highest BCUT2D eigenvalue weighted by Gasteiger charge is 2.31. The van der Waals surface area contributed by atoms with Gasteiger partial charge >= 0.3 is 0 Å². The molecule has 1 heterocycles. The van der Waals surface area contributed by atoms with E-state index in [1.54, 1.807) is 25.1 Å². The molecule has 0 radical (unpaired) electrons. The van der Waals surface area contributed by atoms with E-state index in [1.807, 2.05) is 24.3 Å². The van der Waals surface area contributed by atoms with Crippen LogP contribution in [0, 0.1) is 0 Å². The van der Waals surface area contributed by atoms with Crippen molar-refractivity contribution < 1.29 is 13.2 Å². The van der Waals surface area contributed by atoms with E-state index < -0.39 is 16.1 Å². The predicted molar refractivity (Wildman–Crippen MR) is 102 cm³/mol. The maximum Gasteiger partial charge on any atom is 0.263 e. The number of hydrogen-bond acceptors (Lipinski definition) is 4. The smallest absolute Gasteiger partial charge is 0.263 e. The number of aliphatic imine (C=N–C) groups is 1. The van der Waals surface area contributed by atoms with Crippen molar-refractivity contribution >= 4 is 27.5 Å². The molecule has 1 aliphatic rings. The monoisotopic (exact) mass is 371 g/mol. The Bertz CT molecular complexity index is 981. The van der Waals surface area contributed by atoms with E-state index in [1.165, 1.54) is 6.07 Å². The van der Waals surface area contributed by atoms with Crippen LogP contribution in [0.3, 0.4) is 0 Å². The summed E-state index contributed by atoms with van der Waals surface area (Å²) in [7, 11) is -3.62. The third-order valence-corrected chi connectivity index (χ3v) is 5.60. The number of hydrogen-bond donors (Lipinski definition) is 2. The molecule has 0 aliphatic carbocycles. The number of nitrogens with one attached hydrogen (secondary N) is 2. The zero-order valence-electron chi connectivity index (χ0n) is 14.9. The Morgan fingerprint density at radius 1 is 1.04 bits per heavy atom. The number of carbonyl (C=O) groups is 1. The average Bonchev–Trinajstić information content (AvgIpc) is 2.86. The molecule has 1 amide bonds. The molecule has 0 fully saturated rings. The Labute approximate surface area is 153 Å². The molecule has 2 aromatic carbocycles. The standard InChI is InChI=1S/C19H21N3O3S/c1-12(2)14-8-4-6-10-16(14)21-19(23)13(3)20-18-15-9-5-7-11-17(15)26(24,25)22-18/h4-13H,1-3H3,(H,20,22)(H,21,23)/t13-/m0/s1. The molecule has 6 nitrogen and oxygen atoms in total. The zero-order valence-corrected chi connectivity index (χ0v) is 15.7. The van der Waals surface area contributed by atoms with E-state index in [0.29, 0.717) is 5.56 Å². The molecule has 3 rings (SSSR count). The van der Waals surface area contributed by atoms with Crippen LogP contribution in [0.15, 0.2) is 58.4 Å². The number of nitrogens with zero attached hydrogens (tertiary/aromatic N) is 1. The molecule has 136 valence electrons. The highest BCUT2D eigenvalue weighted by molar-refractivity contribution is 7.90. The molecule has 2 N–H and O–H groups in total. The topological polar surface area (TPSA) is 87.6 Å². The Morgan fingerprint density at radius 3 is 2.42 bits per heavy atom. The van der Waals surface area contributed by atoms with Crippen molar-refractivity contribution in [3.63, 3.8) is 0 Å². The van der Waals surface area contributed by atoms with Gasteiger partial charge in [0.15, 0.2) is 0 Å². The average molecular weight is 371 g/mol. The SMILES string of the molecule is CC(C)c1ccccc1NC(=O)[C@H](C)N=C1NS(=O)(=O)c2ccccc21. The number of carbonyl (C=O) groups excluding carboxylic acids is 1. The minimum atomic E-state index is -3.62. The minimum Gasteiger partial charge on any atom is -0.324 e. The third kappa shape index (κ3) is 3.48. The quantitative estimate of drug-likeness (QED) is 0.866. The number of benzene rings is 2.